The number of para-hydroxylation sites is 1. The number of hydrogen-bond acceptors (Lipinski definition) is 5. The van der Waals surface area contributed by atoms with Gasteiger partial charge in [-0.3, -0.25) is 9.97 Å². The summed E-state index contributed by atoms with van der Waals surface area (Å²) in [5.41, 5.74) is 13.2. The summed E-state index contributed by atoms with van der Waals surface area (Å²) >= 11 is 0. The first-order valence-electron chi connectivity index (χ1n) is 10.4. The van der Waals surface area contributed by atoms with Crippen LogP contribution < -0.4 is 10.5 Å². The lowest BCUT2D eigenvalue weighted by molar-refractivity contribution is 0.486. The maximum atomic E-state index is 6.42. The van der Waals surface area contributed by atoms with E-state index in [0.29, 0.717) is 17.2 Å². The predicted molar refractivity (Wildman–Crippen MR) is 129 cm³/mol. The normalized spacial score (nSPS) is 10.9. The fourth-order valence-corrected chi connectivity index (χ4v) is 3.70. The third-order valence-electron chi connectivity index (χ3n) is 5.53. The Hall–Kier alpha value is -4.25. The van der Waals surface area contributed by atoms with Gasteiger partial charge in [-0.05, 0) is 67.4 Å². The number of pyridine rings is 3. The van der Waals surface area contributed by atoms with E-state index in [9.17, 15) is 0 Å². The number of aryl methyl sites for hydroxylation is 2. The standard InChI is InChI=1S/C27H22N4O/c1-17-15-26(27(31-18(17)2)23-9-5-6-13-29-23)32-25-12-14-30-24-16-19(10-11-21(24)25)20-7-3-4-8-22(20)28/h3-16H,28H2,1-2H3. The summed E-state index contributed by atoms with van der Waals surface area (Å²) in [5, 5.41) is 0.913. The summed E-state index contributed by atoms with van der Waals surface area (Å²) in [6, 6.07) is 23.6. The Morgan fingerprint density at radius 2 is 1.62 bits per heavy atom. The molecule has 0 amide bonds. The Kier molecular flexibility index (Phi) is 5.00. The van der Waals surface area contributed by atoms with Gasteiger partial charge in [0.2, 0.25) is 0 Å². The van der Waals surface area contributed by atoms with Gasteiger partial charge in [0, 0.05) is 34.7 Å². The van der Waals surface area contributed by atoms with Crippen molar-refractivity contribution in [2.75, 3.05) is 5.73 Å². The Labute approximate surface area is 186 Å². The zero-order chi connectivity index (χ0) is 22.1. The van der Waals surface area contributed by atoms with Gasteiger partial charge in [-0.2, -0.15) is 0 Å². The molecule has 32 heavy (non-hydrogen) atoms. The van der Waals surface area contributed by atoms with Gasteiger partial charge in [0.05, 0.1) is 11.2 Å². The van der Waals surface area contributed by atoms with Gasteiger partial charge in [0.15, 0.2) is 5.75 Å². The molecule has 0 fully saturated rings. The molecule has 156 valence electrons. The molecule has 0 saturated carbocycles. The van der Waals surface area contributed by atoms with Crippen LogP contribution in [0.15, 0.2) is 85.2 Å². The van der Waals surface area contributed by atoms with E-state index in [1.807, 2.05) is 86.6 Å². The Morgan fingerprint density at radius 3 is 2.44 bits per heavy atom. The maximum Gasteiger partial charge on any atom is 0.155 e. The number of aromatic nitrogens is 3. The number of benzene rings is 2. The number of rotatable bonds is 4. The molecular weight excluding hydrogens is 396 g/mol. The molecule has 0 atom stereocenters. The minimum absolute atomic E-state index is 0.663. The molecule has 3 heterocycles. The number of hydrogen-bond donors (Lipinski definition) is 1. The van der Waals surface area contributed by atoms with E-state index in [1.165, 1.54) is 0 Å². The smallest absolute Gasteiger partial charge is 0.155 e. The van der Waals surface area contributed by atoms with Crippen LogP contribution in [0, 0.1) is 13.8 Å². The molecule has 2 aromatic carbocycles. The van der Waals surface area contributed by atoms with E-state index >= 15 is 0 Å². The molecule has 5 heteroatoms. The molecule has 0 aliphatic rings. The first kappa shape index (κ1) is 19.7. The van der Waals surface area contributed by atoms with Crippen LogP contribution in [0.5, 0.6) is 11.5 Å². The van der Waals surface area contributed by atoms with Crippen LogP contribution >= 0.6 is 0 Å². The van der Waals surface area contributed by atoms with Crippen molar-refractivity contribution in [3.05, 3.63) is 96.4 Å². The minimum atomic E-state index is 0.663. The average molecular weight is 419 g/mol. The van der Waals surface area contributed by atoms with E-state index in [0.717, 1.165) is 44.7 Å². The highest BCUT2D eigenvalue weighted by Crippen LogP contribution is 2.36. The van der Waals surface area contributed by atoms with Crippen molar-refractivity contribution in [1.82, 2.24) is 15.0 Å². The van der Waals surface area contributed by atoms with Crippen molar-refractivity contribution in [2.24, 2.45) is 0 Å². The fourth-order valence-electron chi connectivity index (χ4n) is 3.70. The average Bonchev–Trinajstić information content (AvgIpc) is 2.82. The van der Waals surface area contributed by atoms with Gasteiger partial charge >= 0.3 is 0 Å². The van der Waals surface area contributed by atoms with Crippen LogP contribution in [-0.4, -0.2) is 15.0 Å². The summed E-state index contributed by atoms with van der Waals surface area (Å²) in [4.78, 5) is 13.8. The summed E-state index contributed by atoms with van der Waals surface area (Å²) in [7, 11) is 0. The van der Waals surface area contributed by atoms with E-state index in [-0.39, 0.29) is 0 Å². The van der Waals surface area contributed by atoms with E-state index in [1.54, 1.807) is 12.4 Å². The van der Waals surface area contributed by atoms with E-state index in [2.05, 4.69) is 9.97 Å². The van der Waals surface area contributed by atoms with Crippen LogP contribution in [0.25, 0.3) is 33.4 Å². The number of fused-ring (bicyclic) bond motifs is 1. The zero-order valence-corrected chi connectivity index (χ0v) is 17.9. The third kappa shape index (κ3) is 3.65. The molecule has 0 radical (unpaired) electrons. The maximum absolute atomic E-state index is 6.42. The topological polar surface area (TPSA) is 73.9 Å². The molecule has 0 saturated heterocycles. The van der Waals surface area contributed by atoms with Crippen molar-refractivity contribution in [2.45, 2.75) is 13.8 Å². The molecule has 5 nitrogen and oxygen atoms in total. The molecule has 0 spiro atoms. The second-order valence-corrected chi connectivity index (χ2v) is 7.68. The number of nitrogens with two attached hydrogens (primary N) is 1. The zero-order valence-electron chi connectivity index (χ0n) is 17.9. The molecule has 0 aliphatic heterocycles. The lowest BCUT2D eigenvalue weighted by Gasteiger charge is -2.14. The highest BCUT2D eigenvalue weighted by Gasteiger charge is 2.15. The first-order valence-corrected chi connectivity index (χ1v) is 10.4. The molecule has 5 aromatic rings. The lowest BCUT2D eigenvalue weighted by atomic mass is 10.0. The second-order valence-electron chi connectivity index (χ2n) is 7.68. The van der Waals surface area contributed by atoms with Crippen molar-refractivity contribution in [1.29, 1.82) is 0 Å². The largest absolute Gasteiger partial charge is 0.454 e. The highest BCUT2D eigenvalue weighted by atomic mass is 16.5. The van der Waals surface area contributed by atoms with Crippen LogP contribution in [0.4, 0.5) is 5.69 Å². The summed E-state index contributed by atoms with van der Waals surface area (Å²) in [6.07, 6.45) is 3.51. The molecule has 0 bridgehead atoms. The molecule has 2 N–H and O–H groups in total. The minimum Gasteiger partial charge on any atom is -0.454 e. The molecule has 3 aromatic heterocycles. The van der Waals surface area contributed by atoms with Crippen molar-refractivity contribution >= 4 is 16.6 Å². The van der Waals surface area contributed by atoms with E-state index in [4.69, 9.17) is 15.5 Å². The Morgan fingerprint density at radius 1 is 0.781 bits per heavy atom. The van der Waals surface area contributed by atoms with Gasteiger partial charge in [-0.15, -0.1) is 0 Å². The summed E-state index contributed by atoms with van der Waals surface area (Å²) in [6.45, 7) is 4.02. The summed E-state index contributed by atoms with van der Waals surface area (Å²) in [5.74, 6) is 1.38. The van der Waals surface area contributed by atoms with E-state index < -0.39 is 0 Å². The van der Waals surface area contributed by atoms with Crippen molar-refractivity contribution in [3.63, 3.8) is 0 Å². The van der Waals surface area contributed by atoms with Crippen LogP contribution in [0.2, 0.25) is 0 Å². The Bertz CT molecular complexity index is 1430. The number of nitrogens with zero attached hydrogens (tertiary/aromatic N) is 3. The van der Waals surface area contributed by atoms with Gasteiger partial charge in [0.25, 0.3) is 0 Å². The van der Waals surface area contributed by atoms with Gasteiger partial charge in [-0.25, -0.2) is 4.98 Å². The SMILES string of the molecule is Cc1cc(Oc2ccnc3cc(-c4ccccc4N)ccc23)c(-c2ccccn2)nc1C. The van der Waals surface area contributed by atoms with Crippen LogP contribution in [0.1, 0.15) is 11.3 Å². The lowest BCUT2D eigenvalue weighted by Crippen LogP contribution is -1.98. The van der Waals surface area contributed by atoms with Gasteiger partial charge in [-0.1, -0.05) is 30.3 Å². The Balaban J connectivity index is 1.60. The number of ether oxygens (including phenoxy) is 1. The second kappa shape index (κ2) is 8.12. The monoisotopic (exact) mass is 418 g/mol. The van der Waals surface area contributed by atoms with Crippen molar-refractivity contribution < 1.29 is 4.74 Å². The molecule has 5 rings (SSSR count). The van der Waals surface area contributed by atoms with Gasteiger partial charge in [0.1, 0.15) is 11.4 Å². The third-order valence-corrected chi connectivity index (χ3v) is 5.53. The van der Waals surface area contributed by atoms with Gasteiger partial charge < -0.3 is 10.5 Å². The van der Waals surface area contributed by atoms with Crippen LogP contribution in [0.3, 0.4) is 0 Å². The number of nitrogen functional groups attached to an aromatic ring is 1. The molecule has 0 unspecified atom stereocenters. The number of anilines is 1. The molecule has 0 aliphatic carbocycles. The fraction of sp³-hybridized carbons (Fsp3) is 0.0741. The first-order chi connectivity index (χ1) is 15.6. The quantitative estimate of drug-likeness (QED) is 0.344. The summed E-state index contributed by atoms with van der Waals surface area (Å²) < 4.78 is 6.42. The highest BCUT2D eigenvalue weighted by molar-refractivity contribution is 5.91. The predicted octanol–water partition coefficient (Wildman–Crippen LogP) is 6.35. The van der Waals surface area contributed by atoms with Crippen LogP contribution in [-0.2, 0) is 0 Å². The molecular formula is C27H22N4O. The van der Waals surface area contributed by atoms with Crippen molar-refractivity contribution in [3.8, 4) is 34.0 Å².